The van der Waals surface area contributed by atoms with Gasteiger partial charge in [-0.25, -0.2) is 4.79 Å². The van der Waals surface area contributed by atoms with Gasteiger partial charge in [-0.1, -0.05) is 30.3 Å². The maximum atomic E-state index is 10.4. The normalized spacial score (nSPS) is 9.54. The lowest BCUT2D eigenvalue weighted by atomic mass is 10.3. The molecule has 1 N–H and O–H groups in total. The van der Waals surface area contributed by atoms with Crippen molar-refractivity contribution in [1.82, 2.24) is 15.0 Å². The second-order valence-electron chi connectivity index (χ2n) is 4.30. The number of esters is 1. The highest BCUT2D eigenvalue weighted by atomic mass is 35.5. The number of halogens is 3. The number of hydrogen-bond acceptors (Lipinski definition) is 6. The first-order valence-electron chi connectivity index (χ1n) is 6.74. The summed E-state index contributed by atoms with van der Waals surface area (Å²) in [4.78, 5) is 21.8. The molecule has 0 aliphatic rings. The second-order valence-corrected chi connectivity index (χ2v) is 5.39. The van der Waals surface area contributed by atoms with Crippen LogP contribution in [0, 0.1) is 0 Å². The van der Waals surface area contributed by atoms with Crippen molar-refractivity contribution in [3.63, 3.8) is 0 Å². The summed E-state index contributed by atoms with van der Waals surface area (Å²) < 4.78 is 4.56. The van der Waals surface area contributed by atoms with Gasteiger partial charge in [0, 0.05) is 5.57 Å². The monoisotopic (exact) mass is 388 g/mol. The molecule has 0 radical (unpaired) electrons. The summed E-state index contributed by atoms with van der Waals surface area (Å²) >= 11 is 17.2. The van der Waals surface area contributed by atoms with E-state index in [2.05, 4.69) is 31.6 Å². The third kappa shape index (κ3) is 7.12. The van der Waals surface area contributed by atoms with E-state index in [0.717, 1.165) is 0 Å². The number of carbonyl (C=O) groups is 1. The number of benzene rings is 1. The van der Waals surface area contributed by atoms with Gasteiger partial charge in [0.25, 0.3) is 0 Å². The minimum atomic E-state index is -0.312. The van der Waals surface area contributed by atoms with E-state index in [4.69, 9.17) is 34.8 Å². The van der Waals surface area contributed by atoms with E-state index >= 15 is 0 Å². The highest BCUT2D eigenvalue weighted by molar-refractivity contribution is 6.33. The molecule has 2 aromatic rings. The topological polar surface area (TPSA) is 77.0 Å². The van der Waals surface area contributed by atoms with Crippen LogP contribution in [0.15, 0.2) is 36.4 Å². The first-order chi connectivity index (χ1) is 11.3. The summed E-state index contributed by atoms with van der Waals surface area (Å²) in [5.41, 5.74) is 1.12. The molecule has 0 unspecified atom stereocenters. The summed E-state index contributed by atoms with van der Waals surface area (Å²) in [6.45, 7) is 7.21. The second kappa shape index (κ2) is 10.1. The Kier molecular flexibility index (Phi) is 8.46. The molecule has 0 fully saturated rings. The molecule has 0 spiro atoms. The molecule has 0 amide bonds. The van der Waals surface area contributed by atoms with Gasteiger partial charge in [0.05, 0.1) is 17.3 Å². The van der Waals surface area contributed by atoms with E-state index in [-0.39, 0.29) is 22.5 Å². The number of rotatable bonds is 4. The standard InChI is InChI=1S/C9H5Cl3N4.C6H10O2/c10-5-3-1-2-4-6(5)13-9-15-7(11)14-8(12)16-9;1-4-8-6(7)5(2)3/h1-4H,(H,13,14,15,16);2,4H2,1,3H3. The molecule has 0 atom stereocenters. The van der Waals surface area contributed by atoms with Crippen LogP contribution < -0.4 is 5.32 Å². The Morgan fingerprint density at radius 2 is 1.75 bits per heavy atom. The molecular weight excluding hydrogens is 375 g/mol. The first kappa shape index (κ1) is 20.2. The summed E-state index contributed by atoms with van der Waals surface area (Å²) in [7, 11) is 0. The molecule has 0 saturated carbocycles. The Morgan fingerprint density at radius 3 is 2.21 bits per heavy atom. The molecule has 1 aromatic carbocycles. The third-order valence-corrected chi connectivity index (χ3v) is 2.99. The molecule has 0 saturated heterocycles. The SMILES string of the molecule is C=C(C)C(=O)OCC.Clc1nc(Cl)nc(Nc2ccccc2Cl)n1. The predicted molar refractivity (Wildman–Crippen MR) is 96.0 cm³/mol. The van der Waals surface area contributed by atoms with E-state index in [9.17, 15) is 4.79 Å². The summed E-state index contributed by atoms with van der Waals surface area (Å²) in [6.07, 6.45) is 0. The molecule has 6 nitrogen and oxygen atoms in total. The lowest BCUT2D eigenvalue weighted by molar-refractivity contribution is -0.138. The van der Waals surface area contributed by atoms with Crippen molar-refractivity contribution in [2.45, 2.75) is 13.8 Å². The number of anilines is 2. The van der Waals surface area contributed by atoms with E-state index in [0.29, 0.717) is 22.9 Å². The van der Waals surface area contributed by atoms with Crippen molar-refractivity contribution in [3.8, 4) is 0 Å². The fourth-order valence-corrected chi connectivity index (χ4v) is 1.87. The summed E-state index contributed by atoms with van der Waals surface area (Å²) in [5, 5.41) is 3.49. The van der Waals surface area contributed by atoms with Gasteiger partial charge in [-0.05, 0) is 49.2 Å². The molecule has 24 heavy (non-hydrogen) atoms. The number of carbonyl (C=O) groups excluding carboxylic acids is 1. The maximum Gasteiger partial charge on any atom is 0.333 e. The Bertz CT molecular complexity index is 705. The van der Waals surface area contributed by atoms with Crippen molar-refractivity contribution in [2.24, 2.45) is 0 Å². The fourth-order valence-electron chi connectivity index (χ4n) is 1.32. The van der Waals surface area contributed by atoms with Crippen molar-refractivity contribution in [1.29, 1.82) is 0 Å². The van der Waals surface area contributed by atoms with Crippen LogP contribution in [0.2, 0.25) is 15.6 Å². The maximum absolute atomic E-state index is 10.4. The molecule has 1 heterocycles. The molecule has 2 rings (SSSR count). The average molecular weight is 390 g/mol. The molecule has 1 aromatic heterocycles. The zero-order valence-corrected chi connectivity index (χ0v) is 15.3. The van der Waals surface area contributed by atoms with Crippen LogP contribution in [0.4, 0.5) is 11.6 Å². The zero-order chi connectivity index (χ0) is 18.1. The Balaban J connectivity index is 0.000000307. The number of hydrogen-bond donors (Lipinski definition) is 1. The van der Waals surface area contributed by atoms with Crippen LogP contribution in [0.1, 0.15) is 13.8 Å². The van der Waals surface area contributed by atoms with Gasteiger partial charge in [0.15, 0.2) is 0 Å². The summed E-state index contributed by atoms with van der Waals surface area (Å²) in [6, 6.07) is 7.18. The third-order valence-electron chi connectivity index (χ3n) is 2.33. The zero-order valence-electron chi connectivity index (χ0n) is 13.0. The van der Waals surface area contributed by atoms with Crippen molar-refractivity contribution < 1.29 is 9.53 Å². The van der Waals surface area contributed by atoms with E-state index in [1.54, 1.807) is 26.0 Å². The minimum absolute atomic E-state index is 0.0227. The predicted octanol–water partition coefficient (Wildman–Crippen LogP) is 4.70. The molecule has 0 aliphatic heterocycles. The van der Waals surface area contributed by atoms with Gasteiger partial charge in [0.1, 0.15) is 0 Å². The molecule has 128 valence electrons. The molecule has 9 heteroatoms. The lowest BCUT2D eigenvalue weighted by Gasteiger charge is -2.06. The van der Waals surface area contributed by atoms with Crippen molar-refractivity contribution >= 4 is 52.4 Å². The van der Waals surface area contributed by atoms with Crippen LogP contribution >= 0.6 is 34.8 Å². The average Bonchev–Trinajstić information content (AvgIpc) is 2.49. The largest absolute Gasteiger partial charge is 0.463 e. The number of nitrogens with one attached hydrogen (secondary N) is 1. The van der Waals surface area contributed by atoms with Gasteiger partial charge in [-0.15, -0.1) is 0 Å². The Morgan fingerprint density at radius 1 is 1.17 bits per heavy atom. The number of nitrogens with zero attached hydrogens (tertiary/aromatic N) is 3. The highest BCUT2D eigenvalue weighted by Crippen LogP contribution is 2.23. The van der Waals surface area contributed by atoms with Gasteiger partial charge in [0.2, 0.25) is 16.5 Å². The smallest absolute Gasteiger partial charge is 0.333 e. The Labute approximate surface area is 154 Å². The highest BCUT2D eigenvalue weighted by Gasteiger charge is 2.05. The van der Waals surface area contributed by atoms with Gasteiger partial charge < -0.3 is 10.1 Å². The van der Waals surface area contributed by atoms with Crippen molar-refractivity contribution in [2.75, 3.05) is 11.9 Å². The van der Waals surface area contributed by atoms with Crippen LogP contribution in [0.3, 0.4) is 0 Å². The van der Waals surface area contributed by atoms with Gasteiger partial charge in [-0.2, -0.15) is 15.0 Å². The van der Waals surface area contributed by atoms with Crippen LogP contribution in [0.25, 0.3) is 0 Å². The minimum Gasteiger partial charge on any atom is -0.463 e. The van der Waals surface area contributed by atoms with E-state index in [1.807, 2.05) is 12.1 Å². The van der Waals surface area contributed by atoms with Gasteiger partial charge >= 0.3 is 5.97 Å². The molecule has 0 aliphatic carbocycles. The number of aromatic nitrogens is 3. The van der Waals surface area contributed by atoms with Crippen LogP contribution in [-0.2, 0) is 9.53 Å². The van der Waals surface area contributed by atoms with Crippen molar-refractivity contribution in [3.05, 3.63) is 52.0 Å². The molecular formula is C15H15Cl3N4O2. The quantitative estimate of drug-likeness (QED) is 0.603. The van der Waals surface area contributed by atoms with Gasteiger partial charge in [-0.3, -0.25) is 0 Å². The number of ether oxygens (including phenoxy) is 1. The lowest BCUT2D eigenvalue weighted by Crippen LogP contribution is -2.03. The van der Waals surface area contributed by atoms with E-state index in [1.165, 1.54) is 0 Å². The first-order valence-corrected chi connectivity index (χ1v) is 7.88. The van der Waals surface area contributed by atoms with E-state index < -0.39 is 0 Å². The summed E-state index contributed by atoms with van der Waals surface area (Å²) in [5.74, 6) is -0.0643. The van der Waals surface area contributed by atoms with Crippen LogP contribution in [0.5, 0.6) is 0 Å². The fraction of sp³-hybridized carbons (Fsp3) is 0.200. The van der Waals surface area contributed by atoms with Crippen LogP contribution in [-0.4, -0.2) is 27.5 Å². The molecule has 0 bridgehead atoms. The number of para-hydroxylation sites is 1. The Hall–Kier alpha value is -1.89.